The van der Waals surface area contributed by atoms with Crippen LogP contribution in [0.5, 0.6) is 0 Å². The van der Waals surface area contributed by atoms with Gasteiger partial charge in [0.1, 0.15) is 0 Å². The summed E-state index contributed by atoms with van der Waals surface area (Å²) in [5.74, 6) is 1.47. The standard InChI is InChI=1S/C15H15ClN2OS2/c1-2-15(19)18-7-11(9-3-4-20-12(9)6-17)10-5-14(16)21-13(10)8-18/h2,5,9,11-12H,1,3-4,7-8H2/t9?,11-,12?/m1/s1. The summed E-state index contributed by atoms with van der Waals surface area (Å²) in [6, 6.07) is 4.44. The Labute approximate surface area is 137 Å². The lowest BCUT2D eigenvalue weighted by Crippen LogP contribution is -2.40. The zero-order chi connectivity index (χ0) is 15.0. The Balaban J connectivity index is 1.96. The summed E-state index contributed by atoms with van der Waals surface area (Å²) in [5.41, 5.74) is 1.24. The molecular formula is C15H15ClN2OS2. The van der Waals surface area contributed by atoms with Gasteiger partial charge in [-0.3, -0.25) is 4.79 Å². The topological polar surface area (TPSA) is 44.1 Å². The summed E-state index contributed by atoms with van der Waals surface area (Å²) in [6.45, 7) is 4.84. The summed E-state index contributed by atoms with van der Waals surface area (Å²) >= 11 is 9.45. The van der Waals surface area contributed by atoms with Gasteiger partial charge < -0.3 is 4.90 Å². The molecule has 6 heteroatoms. The van der Waals surface area contributed by atoms with Crippen LogP contribution in [0, 0.1) is 17.2 Å². The molecule has 0 aliphatic carbocycles. The van der Waals surface area contributed by atoms with Gasteiger partial charge in [-0.05, 0) is 35.8 Å². The first-order valence-electron chi connectivity index (χ1n) is 6.84. The van der Waals surface area contributed by atoms with Crippen molar-refractivity contribution in [2.24, 2.45) is 5.92 Å². The van der Waals surface area contributed by atoms with Gasteiger partial charge in [-0.2, -0.15) is 5.26 Å². The van der Waals surface area contributed by atoms with Crippen LogP contribution in [0.3, 0.4) is 0 Å². The maximum absolute atomic E-state index is 12.0. The van der Waals surface area contributed by atoms with Crippen LogP contribution in [0.4, 0.5) is 0 Å². The van der Waals surface area contributed by atoms with E-state index >= 15 is 0 Å². The van der Waals surface area contributed by atoms with Crippen molar-refractivity contribution < 1.29 is 4.79 Å². The number of rotatable bonds is 2. The van der Waals surface area contributed by atoms with Gasteiger partial charge in [-0.1, -0.05) is 18.2 Å². The molecule has 0 spiro atoms. The number of thiophene rings is 1. The third kappa shape index (κ3) is 2.73. The zero-order valence-corrected chi connectivity index (χ0v) is 13.8. The van der Waals surface area contributed by atoms with Crippen LogP contribution in [0.2, 0.25) is 4.34 Å². The van der Waals surface area contributed by atoms with Crippen molar-refractivity contribution in [1.29, 1.82) is 5.26 Å². The Hall–Kier alpha value is -0.960. The van der Waals surface area contributed by atoms with Crippen molar-refractivity contribution in [3.8, 4) is 6.07 Å². The van der Waals surface area contributed by atoms with E-state index in [0.29, 0.717) is 19.0 Å². The Kier molecular flexibility index (Phi) is 4.30. The van der Waals surface area contributed by atoms with E-state index in [0.717, 1.165) is 21.4 Å². The van der Waals surface area contributed by atoms with Crippen molar-refractivity contribution >= 4 is 40.6 Å². The maximum atomic E-state index is 12.0. The van der Waals surface area contributed by atoms with Crippen molar-refractivity contribution in [1.82, 2.24) is 4.90 Å². The van der Waals surface area contributed by atoms with Gasteiger partial charge >= 0.3 is 0 Å². The molecule has 1 saturated heterocycles. The fourth-order valence-electron chi connectivity index (χ4n) is 3.23. The first-order chi connectivity index (χ1) is 10.1. The van der Waals surface area contributed by atoms with E-state index in [1.54, 1.807) is 23.1 Å². The third-order valence-corrected chi connectivity index (χ3v) is 6.78. The van der Waals surface area contributed by atoms with E-state index in [1.807, 2.05) is 11.0 Å². The monoisotopic (exact) mass is 338 g/mol. The molecule has 0 saturated carbocycles. The highest BCUT2D eigenvalue weighted by atomic mass is 35.5. The minimum atomic E-state index is -0.0469. The normalized spacial score (nSPS) is 28.0. The minimum Gasteiger partial charge on any atom is -0.333 e. The molecule has 110 valence electrons. The number of halogens is 1. The van der Waals surface area contributed by atoms with Gasteiger partial charge in [0.2, 0.25) is 5.91 Å². The lowest BCUT2D eigenvalue weighted by atomic mass is 9.80. The SMILES string of the molecule is C=CC(=O)N1Cc2sc(Cl)cc2[C@@H](C2CCSC2C#N)C1. The van der Waals surface area contributed by atoms with Crippen molar-refractivity contribution in [2.45, 2.75) is 24.1 Å². The lowest BCUT2D eigenvalue weighted by molar-refractivity contribution is -0.127. The highest BCUT2D eigenvalue weighted by Gasteiger charge is 2.40. The van der Waals surface area contributed by atoms with Crippen LogP contribution >= 0.6 is 34.7 Å². The molecule has 0 bridgehead atoms. The molecule has 3 heterocycles. The number of nitrogens with zero attached hydrogens (tertiary/aromatic N) is 2. The molecule has 2 unspecified atom stereocenters. The molecule has 3 rings (SSSR count). The second kappa shape index (κ2) is 6.04. The predicted molar refractivity (Wildman–Crippen MR) is 87.7 cm³/mol. The molecule has 1 aromatic rings. The fourth-order valence-corrected chi connectivity index (χ4v) is 5.91. The van der Waals surface area contributed by atoms with E-state index in [2.05, 4.69) is 12.6 Å². The number of fused-ring (bicyclic) bond motifs is 1. The molecule has 1 fully saturated rings. The fraction of sp³-hybridized carbons (Fsp3) is 0.467. The molecule has 2 aliphatic heterocycles. The largest absolute Gasteiger partial charge is 0.333 e. The number of carbonyl (C=O) groups is 1. The van der Waals surface area contributed by atoms with Crippen LogP contribution in [-0.2, 0) is 11.3 Å². The van der Waals surface area contributed by atoms with Gasteiger partial charge in [0, 0.05) is 17.3 Å². The maximum Gasteiger partial charge on any atom is 0.246 e. The Morgan fingerprint density at radius 3 is 3.14 bits per heavy atom. The molecule has 3 nitrogen and oxygen atoms in total. The molecule has 1 aromatic heterocycles. The van der Waals surface area contributed by atoms with Crippen LogP contribution in [0.25, 0.3) is 0 Å². The number of hydrogen-bond acceptors (Lipinski definition) is 4. The van der Waals surface area contributed by atoms with E-state index in [9.17, 15) is 10.1 Å². The summed E-state index contributed by atoms with van der Waals surface area (Å²) in [7, 11) is 0. The summed E-state index contributed by atoms with van der Waals surface area (Å²) < 4.78 is 0.761. The molecule has 0 aromatic carbocycles. The predicted octanol–water partition coefficient (Wildman–Crippen LogP) is 3.66. The number of amides is 1. The number of hydrogen-bond donors (Lipinski definition) is 0. The number of nitriles is 1. The quantitative estimate of drug-likeness (QED) is 0.773. The molecule has 1 amide bonds. The van der Waals surface area contributed by atoms with Gasteiger partial charge in [0.25, 0.3) is 0 Å². The molecule has 3 atom stereocenters. The Morgan fingerprint density at radius 2 is 2.43 bits per heavy atom. The molecule has 0 N–H and O–H groups in total. The van der Waals surface area contributed by atoms with Gasteiger partial charge in [0.15, 0.2) is 0 Å². The van der Waals surface area contributed by atoms with Crippen LogP contribution in [0.1, 0.15) is 22.8 Å². The third-order valence-electron chi connectivity index (χ3n) is 4.23. The van der Waals surface area contributed by atoms with E-state index in [1.165, 1.54) is 11.6 Å². The Bertz CT molecular complexity index is 622. The first-order valence-corrected chi connectivity index (χ1v) is 9.09. The average molecular weight is 339 g/mol. The second-order valence-electron chi connectivity index (χ2n) is 5.33. The van der Waals surface area contributed by atoms with E-state index < -0.39 is 0 Å². The highest BCUT2D eigenvalue weighted by molar-refractivity contribution is 8.00. The smallest absolute Gasteiger partial charge is 0.246 e. The summed E-state index contributed by atoms with van der Waals surface area (Å²) in [5, 5.41) is 9.36. The van der Waals surface area contributed by atoms with Crippen molar-refractivity contribution in [3.63, 3.8) is 0 Å². The van der Waals surface area contributed by atoms with Gasteiger partial charge in [-0.25, -0.2) is 0 Å². The van der Waals surface area contributed by atoms with Crippen molar-refractivity contribution in [2.75, 3.05) is 12.3 Å². The Morgan fingerprint density at radius 1 is 1.62 bits per heavy atom. The van der Waals surface area contributed by atoms with E-state index in [4.69, 9.17) is 11.6 Å². The van der Waals surface area contributed by atoms with Gasteiger partial charge in [0.05, 0.1) is 22.2 Å². The number of carbonyl (C=O) groups excluding carboxylic acids is 1. The molecular weight excluding hydrogens is 324 g/mol. The molecule has 0 radical (unpaired) electrons. The summed E-state index contributed by atoms with van der Waals surface area (Å²) in [4.78, 5) is 15.0. The second-order valence-corrected chi connectivity index (χ2v) is 8.35. The minimum absolute atomic E-state index is 0.0142. The lowest BCUT2D eigenvalue weighted by Gasteiger charge is -2.36. The van der Waals surface area contributed by atoms with Crippen LogP contribution in [-0.4, -0.2) is 28.4 Å². The highest BCUT2D eigenvalue weighted by Crippen LogP contribution is 2.47. The molecule has 2 aliphatic rings. The zero-order valence-electron chi connectivity index (χ0n) is 11.4. The average Bonchev–Trinajstić information content (AvgIpc) is 3.09. The van der Waals surface area contributed by atoms with Crippen LogP contribution in [0.15, 0.2) is 18.7 Å². The molecule has 21 heavy (non-hydrogen) atoms. The number of thioether (sulfide) groups is 1. The first kappa shape index (κ1) is 15.0. The van der Waals surface area contributed by atoms with Gasteiger partial charge in [-0.15, -0.1) is 23.1 Å². The summed E-state index contributed by atoms with van der Waals surface area (Å²) in [6.07, 6.45) is 2.39. The van der Waals surface area contributed by atoms with E-state index in [-0.39, 0.29) is 17.1 Å². The van der Waals surface area contributed by atoms with Crippen LogP contribution < -0.4 is 0 Å². The van der Waals surface area contributed by atoms with Crippen molar-refractivity contribution in [3.05, 3.63) is 33.5 Å².